The molecule has 7 nitrogen and oxygen atoms in total. The first-order valence-corrected chi connectivity index (χ1v) is 10.8. The molecule has 7 heteroatoms. The molecule has 0 aliphatic carbocycles. The van der Waals surface area contributed by atoms with Crippen LogP contribution in [0.3, 0.4) is 0 Å². The molecule has 29 heavy (non-hydrogen) atoms. The first-order chi connectivity index (χ1) is 14.2. The summed E-state index contributed by atoms with van der Waals surface area (Å²) in [5.41, 5.74) is 1.68. The van der Waals surface area contributed by atoms with Gasteiger partial charge in [0.05, 0.1) is 19.3 Å². The molecule has 1 fully saturated rings. The Morgan fingerprint density at radius 1 is 1.24 bits per heavy atom. The number of amides is 1. The van der Waals surface area contributed by atoms with Crippen LogP contribution in [0.5, 0.6) is 0 Å². The predicted molar refractivity (Wildman–Crippen MR) is 116 cm³/mol. The van der Waals surface area contributed by atoms with E-state index < -0.39 is 0 Å². The summed E-state index contributed by atoms with van der Waals surface area (Å²) in [5.74, 6) is 0.734. The highest BCUT2D eigenvalue weighted by Crippen LogP contribution is 2.11. The van der Waals surface area contributed by atoms with Crippen LogP contribution in [0, 0.1) is 0 Å². The van der Waals surface area contributed by atoms with Gasteiger partial charge in [-0.2, -0.15) is 0 Å². The number of benzene rings is 1. The molecule has 1 heterocycles. The van der Waals surface area contributed by atoms with Gasteiger partial charge < -0.3 is 25.4 Å². The van der Waals surface area contributed by atoms with Crippen LogP contribution < -0.4 is 16.0 Å². The van der Waals surface area contributed by atoms with Gasteiger partial charge in [-0.05, 0) is 50.3 Å². The monoisotopic (exact) mass is 404 g/mol. The lowest BCUT2D eigenvalue weighted by molar-refractivity contribution is 0.0168. The molecule has 162 valence electrons. The van der Waals surface area contributed by atoms with Crippen molar-refractivity contribution in [1.82, 2.24) is 16.0 Å². The second-order valence-electron chi connectivity index (χ2n) is 7.14. The molecular formula is C22H36N4O3. The standard InChI is InChI=1S/C22H36N4O3/c1-3-11-24-21(27)19-9-5-8-18(15-19)16-26-22(23-4-2)25-12-7-13-28-17-20-10-6-14-29-20/h5,8-9,15,20H,3-4,6-7,10-14,16-17H2,1-2H3,(H,24,27)(H2,23,25,26). The quantitative estimate of drug-likeness (QED) is 0.283. The summed E-state index contributed by atoms with van der Waals surface area (Å²) in [4.78, 5) is 16.7. The Morgan fingerprint density at radius 2 is 2.14 bits per heavy atom. The van der Waals surface area contributed by atoms with Crippen LogP contribution in [0.1, 0.15) is 55.5 Å². The summed E-state index contributed by atoms with van der Waals surface area (Å²) in [5, 5.41) is 9.49. The van der Waals surface area contributed by atoms with Gasteiger partial charge in [0.2, 0.25) is 0 Å². The zero-order valence-electron chi connectivity index (χ0n) is 17.8. The first-order valence-electron chi connectivity index (χ1n) is 10.8. The van der Waals surface area contributed by atoms with E-state index in [9.17, 15) is 4.79 Å². The van der Waals surface area contributed by atoms with Crippen molar-refractivity contribution in [2.45, 2.75) is 52.2 Å². The Labute approximate surface area is 174 Å². The van der Waals surface area contributed by atoms with E-state index in [2.05, 4.69) is 20.9 Å². The number of rotatable bonds is 12. The number of aliphatic imine (C=N–C) groups is 1. The average molecular weight is 405 g/mol. The summed E-state index contributed by atoms with van der Waals surface area (Å²) in [6.07, 6.45) is 4.36. The van der Waals surface area contributed by atoms with E-state index in [-0.39, 0.29) is 12.0 Å². The molecule has 0 saturated carbocycles. The number of nitrogens with one attached hydrogen (secondary N) is 3. The van der Waals surface area contributed by atoms with Gasteiger partial charge in [0.15, 0.2) is 5.96 Å². The maximum absolute atomic E-state index is 12.1. The molecule has 1 aromatic carbocycles. The summed E-state index contributed by atoms with van der Waals surface area (Å²) in [6.45, 7) is 9.13. The van der Waals surface area contributed by atoms with Crippen molar-refractivity contribution in [3.8, 4) is 0 Å². The maximum Gasteiger partial charge on any atom is 0.251 e. The largest absolute Gasteiger partial charge is 0.379 e. The molecule has 1 aliphatic heterocycles. The Morgan fingerprint density at radius 3 is 2.90 bits per heavy atom. The van der Waals surface area contributed by atoms with Gasteiger partial charge in [0, 0.05) is 38.4 Å². The minimum absolute atomic E-state index is 0.0364. The Kier molecular flexibility index (Phi) is 11.1. The van der Waals surface area contributed by atoms with Crippen LogP contribution >= 0.6 is 0 Å². The third-order valence-corrected chi connectivity index (χ3v) is 4.57. The van der Waals surface area contributed by atoms with Gasteiger partial charge >= 0.3 is 0 Å². The minimum Gasteiger partial charge on any atom is -0.379 e. The smallest absolute Gasteiger partial charge is 0.251 e. The first kappa shape index (κ1) is 23.2. The number of hydrogen-bond donors (Lipinski definition) is 3. The molecule has 1 aromatic rings. The van der Waals surface area contributed by atoms with Crippen LogP contribution in [-0.2, 0) is 16.0 Å². The second-order valence-corrected chi connectivity index (χ2v) is 7.14. The van der Waals surface area contributed by atoms with Gasteiger partial charge in [-0.15, -0.1) is 0 Å². The summed E-state index contributed by atoms with van der Waals surface area (Å²) >= 11 is 0. The Balaban J connectivity index is 1.73. The predicted octanol–water partition coefficient (Wildman–Crippen LogP) is 2.47. The van der Waals surface area contributed by atoms with Gasteiger partial charge in [-0.3, -0.25) is 4.79 Å². The van der Waals surface area contributed by atoms with Crippen molar-refractivity contribution in [3.05, 3.63) is 35.4 Å². The van der Waals surface area contributed by atoms with E-state index in [4.69, 9.17) is 9.47 Å². The van der Waals surface area contributed by atoms with Gasteiger partial charge in [0.1, 0.15) is 0 Å². The van der Waals surface area contributed by atoms with Crippen molar-refractivity contribution in [2.75, 3.05) is 39.5 Å². The summed E-state index contributed by atoms with van der Waals surface area (Å²) in [6, 6.07) is 7.62. The fourth-order valence-corrected chi connectivity index (χ4v) is 3.04. The number of nitrogens with zero attached hydrogens (tertiary/aromatic N) is 1. The molecule has 0 spiro atoms. The van der Waals surface area contributed by atoms with E-state index in [1.807, 2.05) is 38.1 Å². The molecular weight excluding hydrogens is 368 g/mol. The van der Waals surface area contributed by atoms with E-state index in [1.54, 1.807) is 0 Å². The summed E-state index contributed by atoms with van der Waals surface area (Å²) in [7, 11) is 0. The highest BCUT2D eigenvalue weighted by Gasteiger charge is 2.14. The zero-order chi connectivity index (χ0) is 20.7. The van der Waals surface area contributed by atoms with Gasteiger partial charge in [-0.1, -0.05) is 19.1 Å². The SMILES string of the molecule is CCCNC(=O)c1cccc(CN=C(NCC)NCCCOCC2CCCO2)c1. The van der Waals surface area contributed by atoms with Crippen LogP contribution in [0.2, 0.25) is 0 Å². The lowest BCUT2D eigenvalue weighted by atomic mass is 10.1. The van der Waals surface area contributed by atoms with E-state index in [0.717, 1.165) is 56.9 Å². The molecule has 1 aliphatic rings. The minimum atomic E-state index is -0.0364. The molecule has 1 amide bonds. The molecule has 2 rings (SSSR count). The van der Waals surface area contributed by atoms with Crippen LogP contribution in [0.15, 0.2) is 29.3 Å². The van der Waals surface area contributed by atoms with Crippen molar-refractivity contribution < 1.29 is 14.3 Å². The normalized spacial score (nSPS) is 16.6. The number of guanidine groups is 1. The Hall–Kier alpha value is -2.12. The summed E-state index contributed by atoms with van der Waals surface area (Å²) < 4.78 is 11.2. The third kappa shape index (κ3) is 9.28. The van der Waals surface area contributed by atoms with Crippen LogP contribution in [-0.4, -0.2) is 57.4 Å². The number of ether oxygens (including phenoxy) is 2. The van der Waals surface area contributed by atoms with Crippen LogP contribution in [0.25, 0.3) is 0 Å². The molecule has 0 aromatic heterocycles. The molecule has 0 bridgehead atoms. The highest BCUT2D eigenvalue weighted by molar-refractivity contribution is 5.94. The van der Waals surface area contributed by atoms with Crippen molar-refractivity contribution in [1.29, 1.82) is 0 Å². The fraction of sp³-hybridized carbons (Fsp3) is 0.636. The third-order valence-electron chi connectivity index (χ3n) is 4.57. The van der Waals surface area contributed by atoms with Crippen LogP contribution in [0.4, 0.5) is 0 Å². The lowest BCUT2D eigenvalue weighted by Crippen LogP contribution is -2.38. The molecule has 1 atom stereocenters. The molecule has 3 N–H and O–H groups in total. The maximum atomic E-state index is 12.1. The molecule has 1 unspecified atom stereocenters. The Bertz CT molecular complexity index is 630. The lowest BCUT2D eigenvalue weighted by Gasteiger charge is -2.13. The molecule has 1 saturated heterocycles. The highest BCUT2D eigenvalue weighted by atomic mass is 16.5. The van der Waals surface area contributed by atoms with Gasteiger partial charge in [0.25, 0.3) is 5.91 Å². The number of carbonyl (C=O) groups excluding carboxylic acids is 1. The van der Waals surface area contributed by atoms with Crippen molar-refractivity contribution in [2.24, 2.45) is 4.99 Å². The van der Waals surface area contributed by atoms with E-state index in [1.165, 1.54) is 0 Å². The van der Waals surface area contributed by atoms with Gasteiger partial charge in [-0.25, -0.2) is 4.99 Å². The number of carbonyl (C=O) groups is 1. The van der Waals surface area contributed by atoms with E-state index in [0.29, 0.717) is 31.9 Å². The topological polar surface area (TPSA) is 84.0 Å². The van der Waals surface area contributed by atoms with E-state index >= 15 is 0 Å². The average Bonchev–Trinajstić information content (AvgIpc) is 3.26. The zero-order valence-corrected chi connectivity index (χ0v) is 17.8. The number of hydrogen-bond acceptors (Lipinski definition) is 4. The fourth-order valence-electron chi connectivity index (χ4n) is 3.04. The van der Waals surface area contributed by atoms with Crippen molar-refractivity contribution >= 4 is 11.9 Å². The molecule has 0 radical (unpaired) electrons. The van der Waals surface area contributed by atoms with Crippen molar-refractivity contribution in [3.63, 3.8) is 0 Å². The second kappa shape index (κ2) is 14.0.